The molecule has 0 bridgehead atoms. The number of benzene rings is 1. The molecule has 126 valence electrons. The van der Waals surface area contributed by atoms with Crippen LogP contribution in [0.3, 0.4) is 0 Å². The number of phenols is 1. The maximum atomic E-state index is 12.3. The Labute approximate surface area is 145 Å². The summed E-state index contributed by atoms with van der Waals surface area (Å²) in [5, 5.41) is 12.8. The van der Waals surface area contributed by atoms with E-state index in [4.69, 9.17) is 11.6 Å². The quantitative estimate of drug-likeness (QED) is 0.830. The number of amides is 1. The molecule has 24 heavy (non-hydrogen) atoms. The van der Waals surface area contributed by atoms with Crippen LogP contribution in [-0.2, 0) is 11.2 Å². The zero-order valence-electron chi connectivity index (χ0n) is 13.7. The summed E-state index contributed by atoms with van der Waals surface area (Å²) in [4.78, 5) is 22.5. The highest BCUT2D eigenvalue weighted by atomic mass is 35.5. The molecule has 0 saturated carbocycles. The largest absolute Gasteiger partial charge is 0.508 e. The van der Waals surface area contributed by atoms with Gasteiger partial charge in [0, 0.05) is 17.6 Å². The van der Waals surface area contributed by atoms with E-state index in [1.54, 1.807) is 17.0 Å². The summed E-state index contributed by atoms with van der Waals surface area (Å²) in [6, 6.07) is 6.88. The molecule has 1 aromatic carbocycles. The highest BCUT2D eigenvalue weighted by Crippen LogP contribution is 2.35. The molecule has 0 radical (unpaired) electrons. The highest BCUT2D eigenvalue weighted by molar-refractivity contribution is 6.28. The first-order valence-electron chi connectivity index (χ1n) is 7.80. The van der Waals surface area contributed by atoms with Gasteiger partial charge >= 0.3 is 0 Å². The fourth-order valence-electron chi connectivity index (χ4n) is 2.87. The average Bonchev–Trinajstić information content (AvgIpc) is 2.84. The maximum absolute atomic E-state index is 12.3. The molecule has 2 N–H and O–H groups in total. The molecule has 3 rings (SSSR count). The summed E-state index contributed by atoms with van der Waals surface area (Å²) in [6.45, 7) is 5.86. The van der Waals surface area contributed by atoms with Crippen molar-refractivity contribution in [2.24, 2.45) is 0 Å². The van der Waals surface area contributed by atoms with Crippen LogP contribution in [0.2, 0.25) is 5.28 Å². The third-order valence-corrected chi connectivity index (χ3v) is 4.21. The molecular formula is C17H19ClN4O2. The number of aromatic nitrogens is 2. The molecule has 1 aromatic heterocycles. The summed E-state index contributed by atoms with van der Waals surface area (Å²) >= 11 is 6.06. The number of fused-ring (bicyclic) bond motifs is 1. The first-order chi connectivity index (χ1) is 11.4. The number of hydrogen-bond donors (Lipinski definition) is 2. The number of carbonyl (C=O) groups is 1. The lowest BCUT2D eigenvalue weighted by Gasteiger charge is -2.21. The zero-order chi connectivity index (χ0) is 17.4. The minimum Gasteiger partial charge on any atom is -0.508 e. The summed E-state index contributed by atoms with van der Waals surface area (Å²) in [6.07, 6.45) is 0.259. The van der Waals surface area contributed by atoms with Crippen molar-refractivity contribution < 1.29 is 9.90 Å². The Balaban J connectivity index is 1.94. The Morgan fingerprint density at radius 3 is 2.50 bits per heavy atom. The normalized spacial score (nSPS) is 14.9. The van der Waals surface area contributed by atoms with Gasteiger partial charge in [-0.05, 0) is 50.1 Å². The van der Waals surface area contributed by atoms with Gasteiger partial charge in [-0.1, -0.05) is 12.1 Å². The molecule has 1 amide bonds. The van der Waals surface area contributed by atoms with Gasteiger partial charge in [0.15, 0.2) is 0 Å². The van der Waals surface area contributed by atoms with Crippen LogP contribution in [0.1, 0.15) is 37.9 Å². The van der Waals surface area contributed by atoms with Gasteiger partial charge in [0.1, 0.15) is 17.4 Å². The van der Waals surface area contributed by atoms with Crippen LogP contribution >= 0.6 is 11.6 Å². The Kier molecular flexibility index (Phi) is 4.32. The Morgan fingerprint density at radius 1 is 1.21 bits per heavy atom. The van der Waals surface area contributed by atoms with Crippen molar-refractivity contribution in [3.63, 3.8) is 0 Å². The average molecular weight is 347 g/mol. The zero-order valence-corrected chi connectivity index (χ0v) is 14.5. The van der Waals surface area contributed by atoms with Crippen molar-refractivity contribution in [1.82, 2.24) is 9.97 Å². The van der Waals surface area contributed by atoms with E-state index in [0.717, 1.165) is 11.1 Å². The molecule has 0 spiro atoms. The van der Waals surface area contributed by atoms with Crippen LogP contribution in [0.4, 0.5) is 11.6 Å². The Hall–Kier alpha value is -2.34. The Bertz CT molecular complexity index is 777. The van der Waals surface area contributed by atoms with E-state index in [2.05, 4.69) is 15.3 Å². The van der Waals surface area contributed by atoms with E-state index in [1.165, 1.54) is 0 Å². The Morgan fingerprint density at radius 2 is 1.88 bits per heavy atom. The van der Waals surface area contributed by atoms with E-state index in [9.17, 15) is 9.90 Å². The third-order valence-electron chi connectivity index (χ3n) is 4.05. The predicted molar refractivity (Wildman–Crippen MR) is 93.5 cm³/mol. The second kappa shape index (κ2) is 6.28. The van der Waals surface area contributed by atoms with Gasteiger partial charge in [-0.2, -0.15) is 4.98 Å². The number of hydrogen-bond acceptors (Lipinski definition) is 5. The van der Waals surface area contributed by atoms with Crippen LogP contribution in [0.5, 0.6) is 5.75 Å². The van der Waals surface area contributed by atoms with Gasteiger partial charge in [-0.3, -0.25) is 9.69 Å². The molecule has 1 aliphatic rings. The van der Waals surface area contributed by atoms with Gasteiger partial charge < -0.3 is 10.4 Å². The minimum absolute atomic E-state index is 0.00287. The fourth-order valence-corrected chi connectivity index (χ4v) is 3.03. The molecule has 6 nitrogen and oxygen atoms in total. The predicted octanol–water partition coefficient (Wildman–Crippen LogP) is 3.31. The molecule has 1 atom stereocenters. The molecule has 2 aromatic rings. The van der Waals surface area contributed by atoms with E-state index >= 15 is 0 Å². The molecule has 0 fully saturated rings. The number of phenolic OH excluding ortho intramolecular Hbond substituents is 1. The van der Waals surface area contributed by atoms with E-state index < -0.39 is 0 Å². The number of aromatic hydroxyl groups is 1. The topological polar surface area (TPSA) is 78.4 Å². The van der Waals surface area contributed by atoms with Crippen LogP contribution in [0, 0.1) is 0 Å². The molecule has 1 aliphatic heterocycles. The molecule has 2 heterocycles. The molecule has 1 unspecified atom stereocenters. The van der Waals surface area contributed by atoms with Crippen molar-refractivity contribution in [2.75, 3.05) is 10.2 Å². The van der Waals surface area contributed by atoms with Crippen LogP contribution in [0.25, 0.3) is 0 Å². The first kappa shape index (κ1) is 16.5. The number of carbonyl (C=O) groups excluding carboxylic acids is 1. The monoisotopic (exact) mass is 346 g/mol. The van der Waals surface area contributed by atoms with Crippen molar-refractivity contribution in [1.29, 1.82) is 0 Å². The molecule has 0 aliphatic carbocycles. The summed E-state index contributed by atoms with van der Waals surface area (Å²) in [5.74, 6) is 1.37. The smallest absolute Gasteiger partial charge is 0.233 e. The lowest BCUT2D eigenvalue weighted by Crippen LogP contribution is -2.34. The number of halogens is 1. The van der Waals surface area contributed by atoms with Crippen LogP contribution in [-0.4, -0.2) is 27.0 Å². The van der Waals surface area contributed by atoms with Crippen molar-refractivity contribution >= 4 is 29.1 Å². The van der Waals surface area contributed by atoms with Gasteiger partial charge in [0.05, 0.1) is 6.42 Å². The third kappa shape index (κ3) is 3.01. The molecular weight excluding hydrogens is 328 g/mol. The van der Waals surface area contributed by atoms with Crippen LogP contribution < -0.4 is 10.2 Å². The second-order valence-electron chi connectivity index (χ2n) is 6.14. The van der Waals surface area contributed by atoms with Gasteiger partial charge in [0.2, 0.25) is 11.2 Å². The van der Waals surface area contributed by atoms with Gasteiger partial charge in [-0.15, -0.1) is 0 Å². The second-order valence-corrected chi connectivity index (χ2v) is 6.47. The van der Waals surface area contributed by atoms with E-state index in [-0.39, 0.29) is 35.4 Å². The summed E-state index contributed by atoms with van der Waals surface area (Å²) < 4.78 is 0. The van der Waals surface area contributed by atoms with E-state index in [1.807, 2.05) is 32.9 Å². The summed E-state index contributed by atoms with van der Waals surface area (Å²) in [5.41, 5.74) is 1.75. The minimum atomic E-state index is -0.0659. The number of nitrogens with one attached hydrogen (secondary N) is 1. The van der Waals surface area contributed by atoms with Gasteiger partial charge in [0.25, 0.3) is 0 Å². The highest BCUT2D eigenvalue weighted by Gasteiger charge is 2.34. The van der Waals surface area contributed by atoms with Crippen molar-refractivity contribution in [2.45, 2.75) is 39.3 Å². The maximum Gasteiger partial charge on any atom is 0.233 e. The lowest BCUT2D eigenvalue weighted by molar-refractivity contribution is -0.117. The van der Waals surface area contributed by atoms with E-state index in [0.29, 0.717) is 11.6 Å². The van der Waals surface area contributed by atoms with Crippen molar-refractivity contribution in [3.8, 4) is 5.75 Å². The fraction of sp³-hybridized carbons (Fsp3) is 0.353. The van der Waals surface area contributed by atoms with Crippen LogP contribution in [0.15, 0.2) is 24.3 Å². The molecule has 0 saturated heterocycles. The van der Waals surface area contributed by atoms with Crippen molar-refractivity contribution in [3.05, 3.63) is 40.7 Å². The number of anilines is 2. The lowest BCUT2D eigenvalue weighted by atomic mass is 10.1. The van der Waals surface area contributed by atoms with Gasteiger partial charge in [-0.25, -0.2) is 4.98 Å². The summed E-state index contributed by atoms with van der Waals surface area (Å²) in [7, 11) is 0. The first-order valence-corrected chi connectivity index (χ1v) is 8.18. The standard InChI is InChI=1S/C17H19ClN4O2/c1-9(2)22-14(24)8-13-15(20-17(18)21-16(13)22)19-10(3)11-4-6-12(23)7-5-11/h4-7,9-10,23H,8H2,1-3H3,(H,19,20,21). The molecule has 7 heteroatoms. The number of nitrogens with zero attached hydrogens (tertiary/aromatic N) is 3. The SMILES string of the molecule is CC(Nc1nc(Cl)nc2c1CC(=O)N2C(C)C)c1ccc(O)cc1. The number of rotatable bonds is 4.